The second-order valence-electron chi connectivity index (χ2n) is 16.5. The Morgan fingerprint density at radius 1 is 0.531 bits per heavy atom. The molecule has 4 aromatic carbocycles. The van der Waals surface area contributed by atoms with E-state index in [1.54, 1.807) is 22.3 Å². The molecule has 0 saturated carbocycles. The maximum atomic E-state index is 2.72. The molecule has 2 atom stereocenters. The minimum Gasteiger partial charge on any atom is -0.0679 e. The summed E-state index contributed by atoms with van der Waals surface area (Å²) in [6.07, 6.45) is 14.9. The van der Waals surface area contributed by atoms with E-state index in [0.717, 1.165) is 0 Å². The van der Waals surface area contributed by atoms with Crippen molar-refractivity contribution >= 4 is 20.2 Å². The lowest BCUT2D eigenvalue weighted by Crippen LogP contribution is -2.43. The smallest absolute Gasteiger partial charge is 0.0679 e. The second-order valence-corrected chi connectivity index (χ2v) is 21.3. The van der Waals surface area contributed by atoms with E-state index in [1.807, 2.05) is 0 Å². The number of benzene rings is 4. The Hall–Kier alpha value is -3.42. The minimum absolute atomic E-state index is 0.502. The van der Waals surface area contributed by atoms with Crippen molar-refractivity contribution in [2.45, 2.75) is 117 Å². The first-order chi connectivity index (χ1) is 23.6. The molecular weight excluding hydrogens is 605 g/mol. The van der Waals surface area contributed by atoms with Crippen LogP contribution in [0.5, 0.6) is 0 Å². The zero-order chi connectivity index (χ0) is 34.7. The third-order valence-electron chi connectivity index (χ3n) is 11.2. The van der Waals surface area contributed by atoms with Gasteiger partial charge in [-0.15, -0.1) is 0 Å². The summed E-state index contributed by atoms with van der Waals surface area (Å²) < 4.78 is 0. The van der Waals surface area contributed by atoms with Crippen LogP contribution in [0.25, 0.3) is 34.4 Å². The van der Waals surface area contributed by atoms with Crippen LogP contribution in [-0.2, 0) is 12.8 Å². The molecule has 2 aliphatic carbocycles. The Morgan fingerprint density at radius 3 is 1.27 bits per heavy atom. The average molecular weight is 665 g/mol. The highest BCUT2D eigenvalue weighted by atomic mass is 28.3. The topological polar surface area (TPSA) is 0 Å². The molecule has 0 heterocycles. The van der Waals surface area contributed by atoms with E-state index in [-0.39, 0.29) is 0 Å². The normalized spacial score (nSPS) is 17.0. The van der Waals surface area contributed by atoms with Crippen molar-refractivity contribution in [2.75, 3.05) is 0 Å². The van der Waals surface area contributed by atoms with E-state index in [2.05, 4.69) is 152 Å². The molecule has 49 heavy (non-hydrogen) atoms. The largest absolute Gasteiger partial charge is 0.0722 e. The standard InChI is InChI=1S/C48H60Si/c1-9-11-15-35-21-25-37(26-22-35)41-17-13-19-43-45(41)31-39(29-33(3)4)47(43)49(7,8)48-40(30-34(5)6)32-46-42(18-14-20-44(46)48)38-27-23-36(24-28-38)16-12-10-2/h13-14,17-28,31-34,47-48H,9-12,15-16,29-30H2,1-8H3. The van der Waals surface area contributed by atoms with Crippen LogP contribution in [0.2, 0.25) is 13.1 Å². The molecular formula is C48H60Si. The van der Waals surface area contributed by atoms with Gasteiger partial charge in [0.15, 0.2) is 0 Å². The molecule has 0 aliphatic heterocycles. The summed E-state index contributed by atoms with van der Waals surface area (Å²) in [5.74, 6) is 1.25. The van der Waals surface area contributed by atoms with Crippen LogP contribution in [-0.4, -0.2) is 8.07 Å². The molecule has 2 aliphatic rings. The van der Waals surface area contributed by atoms with Crippen LogP contribution in [0.4, 0.5) is 0 Å². The summed E-state index contributed by atoms with van der Waals surface area (Å²) in [6.45, 7) is 19.6. The molecule has 0 aromatic heterocycles. The van der Waals surface area contributed by atoms with Crippen molar-refractivity contribution in [1.82, 2.24) is 0 Å². The number of allylic oxidation sites excluding steroid dienone is 2. The number of hydrogen-bond acceptors (Lipinski definition) is 0. The van der Waals surface area contributed by atoms with E-state index < -0.39 is 8.07 Å². The van der Waals surface area contributed by atoms with Gasteiger partial charge in [0, 0.05) is 11.1 Å². The Morgan fingerprint density at radius 2 is 0.918 bits per heavy atom. The molecule has 0 fully saturated rings. The van der Waals surface area contributed by atoms with Crippen molar-refractivity contribution < 1.29 is 0 Å². The fourth-order valence-electron chi connectivity index (χ4n) is 9.12. The highest BCUT2D eigenvalue weighted by molar-refractivity contribution is 6.81. The highest BCUT2D eigenvalue weighted by Crippen LogP contribution is 2.56. The van der Waals surface area contributed by atoms with E-state index >= 15 is 0 Å². The van der Waals surface area contributed by atoms with E-state index in [4.69, 9.17) is 0 Å². The maximum absolute atomic E-state index is 2.72. The molecule has 4 aromatic rings. The van der Waals surface area contributed by atoms with Gasteiger partial charge in [-0.2, -0.15) is 0 Å². The first-order valence-electron chi connectivity index (χ1n) is 19.5. The summed E-state index contributed by atoms with van der Waals surface area (Å²) in [7, 11) is -2.03. The average Bonchev–Trinajstić information content (AvgIpc) is 3.64. The zero-order valence-electron chi connectivity index (χ0n) is 31.7. The van der Waals surface area contributed by atoms with E-state index in [1.165, 1.54) is 95.9 Å². The molecule has 256 valence electrons. The number of aryl methyl sites for hydroxylation is 2. The first kappa shape index (κ1) is 35.4. The molecule has 0 bridgehead atoms. The summed E-state index contributed by atoms with van der Waals surface area (Å²) in [4.78, 5) is 0. The van der Waals surface area contributed by atoms with Crippen LogP contribution >= 0.6 is 0 Å². The van der Waals surface area contributed by atoms with Crippen LogP contribution < -0.4 is 0 Å². The zero-order valence-corrected chi connectivity index (χ0v) is 32.7. The monoisotopic (exact) mass is 664 g/mol. The Balaban J connectivity index is 1.43. The summed E-state index contributed by atoms with van der Waals surface area (Å²) >= 11 is 0. The molecule has 0 amide bonds. The molecule has 2 unspecified atom stereocenters. The fourth-order valence-corrected chi connectivity index (χ4v) is 13.9. The molecule has 6 rings (SSSR count). The molecule has 0 N–H and O–H groups in total. The predicted molar refractivity (Wildman–Crippen MR) is 219 cm³/mol. The quantitative estimate of drug-likeness (QED) is 0.118. The Bertz CT molecular complexity index is 1660. The van der Waals surface area contributed by atoms with Crippen LogP contribution in [0.3, 0.4) is 0 Å². The number of hydrogen-bond donors (Lipinski definition) is 0. The third-order valence-corrected chi connectivity index (χ3v) is 15.6. The van der Waals surface area contributed by atoms with E-state index in [0.29, 0.717) is 22.9 Å². The SMILES string of the molecule is CCCCc1ccc(-c2cccc3c2C=C(CC(C)C)C3[Si](C)(C)C2C(CC(C)C)=Cc3c(-c4ccc(CCCC)cc4)cccc32)cc1. The summed E-state index contributed by atoms with van der Waals surface area (Å²) in [5.41, 5.74) is 18.9. The number of unbranched alkanes of at least 4 members (excludes halogenated alkanes) is 2. The molecule has 0 nitrogen and oxygen atoms in total. The van der Waals surface area contributed by atoms with Crippen molar-refractivity contribution in [3.8, 4) is 22.3 Å². The van der Waals surface area contributed by atoms with Crippen molar-refractivity contribution in [3.05, 3.63) is 129 Å². The van der Waals surface area contributed by atoms with Gasteiger partial charge in [-0.3, -0.25) is 0 Å². The van der Waals surface area contributed by atoms with Gasteiger partial charge in [-0.05, 0) is 106 Å². The molecule has 1 heteroatoms. The van der Waals surface area contributed by atoms with Crippen molar-refractivity contribution in [1.29, 1.82) is 0 Å². The highest BCUT2D eigenvalue weighted by Gasteiger charge is 2.48. The second kappa shape index (κ2) is 15.2. The first-order valence-corrected chi connectivity index (χ1v) is 22.6. The predicted octanol–water partition coefficient (Wildman–Crippen LogP) is 14.2. The fraction of sp³-hybridized carbons (Fsp3) is 0.417. The molecule has 0 spiro atoms. The Kier molecular flexibility index (Phi) is 11.0. The van der Waals surface area contributed by atoms with Crippen molar-refractivity contribution in [3.63, 3.8) is 0 Å². The van der Waals surface area contributed by atoms with Gasteiger partial charge in [0.05, 0.1) is 8.07 Å². The van der Waals surface area contributed by atoms with Gasteiger partial charge in [-0.25, -0.2) is 0 Å². The third kappa shape index (κ3) is 7.39. The number of fused-ring (bicyclic) bond motifs is 2. The lowest BCUT2D eigenvalue weighted by Gasteiger charge is -2.41. The van der Waals surface area contributed by atoms with Gasteiger partial charge in [-0.1, -0.05) is 176 Å². The Labute approximate surface area is 299 Å². The summed E-state index contributed by atoms with van der Waals surface area (Å²) in [6, 6.07) is 33.4. The van der Waals surface area contributed by atoms with Crippen LogP contribution in [0, 0.1) is 11.8 Å². The van der Waals surface area contributed by atoms with E-state index in [9.17, 15) is 0 Å². The molecule has 0 radical (unpaired) electrons. The van der Waals surface area contributed by atoms with Gasteiger partial charge < -0.3 is 0 Å². The van der Waals surface area contributed by atoms with Gasteiger partial charge in [0.25, 0.3) is 0 Å². The summed E-state index contributed by atoms with van der Waals surface area (Å²) in [5, 5.41) is 0. The lowest BCUT2D eigenvalue weighted by molar-refractivity contribution is 0.623. The number of rotatable bonds is 14. The van der Waals surface area contributed by atoms with Gasteiger partial charge >= 0.3 is 0 Å². The van der Waals surface area contributed by atoms with Crippen molar-refractivity contribution in [2.24, 2.45) is 11.8 Å². The van der Waals surface area contributed by atoms with Gasteiger partial charge in [0.2, 0.25) is 0 Å². The minimum atomic E-state index is -2.03. The lowest BCUT2D eigenvalue weighted by atomic mass is 9.95. The van der Waals surface area contributed by atoms with Gasteiger partial charge in [0.1, 0.15) is 0 Å². The van der Waals surface area contributed by atoms with Crippen LogP contribution in [0.1, 0.15) is 125 Å². The molecule has 0 saturated heterocycles. The maximum Gasteiger partial charge on any atom is 0.0722 e. The van der Waals surface area contributed by atoms with Crippen LogP contribution in [0.15, 0.2) is 96.1 Å².